The Balaban J connectivity index is 0.713. The van der Waals surface area contributed by atoms with Crippen molar-refractivity contribution >= 4 is 46.0 Å². The Hall–Kier alpha value is -6.07. The fourth-order valence-electron chi connectivity index (χ4n) is 11.2. The quantitative estimate of drug-likeness (QED) is 0.258. The van der Waals surface area contributed by atoms with E-state index in [1.54, 1.807) is 23.4 Å². The summed E-state index contributed by atoms with van der Waals surface area (Å²) in [5.41, 5.74) is 4.49. The third-order valence-electron chi connectivity index (χ3n) is 14.3. The molecule has 4 aromatic rings. The molecule has 14 heteroatoms. The van der Waals surface area contributed by atoms with Crippen molar-refractivity contribution in [3.05, 3.63) is 88.7 Å². The van der Waals surface area contributed by atoms with Gasteiger partial charge in [0.2, 0.25) is 11.8 Å². The number of amides is 4. The summed E-state index contributed by atoms with van der Waals surface area (Å²) in [5, 5.41) is 16.3. The number of anilines is 2. The number of hydrogen-bond donors (Lipinski definition) is 2. The smallest absolute Gasteiger partial charge is 0.255 e. The number of aromatic nitrogens is 2. The minimum atomic E-state index is -0.607. The first-order valence-electron chi connectivity index (χ1n) is 21.2. The maximum absolute atomic E-state index is 13.8. The Morgan fingerprint density at radius 1 is 0.950 bits per heavy atom. The van der Waals surface area contributed by atoms with Crippen LogP contribution in [0.1, 0.15) is 83.9 Å². The molecule has 308 valence electrons. The van der Waals surface area contributed by atoms with Crippen LogP contribution in [-0.4, -0.2) is 107 Å². The van der Waals surface area contributed by atoms with E-state index in [2.05, 4.69) is 63.2 Å². The van der Waals surface area contributed by atoms with Gasteiger partial charge in [-0.1, -0.05) is 13.8 Å². The number of piperidine rings is 2. The number of fused-ring (bicyclic) bond motifs is 3. The monoisotopic (exact) mass is 807 g/mol. The lowest BCUT2D eigenvalue weighted by Crippen LogP contribution is -2.78. The van der Waals surface area contributed by atoms with Crippen molar-refractivity contribution in [2.45, 2.75) is 76.6 Å². The first-order valence-corrected chi connectivity index (χ1v) is 21.2. The molecule has 1 saturated carbocycles. The maximum atomic E-state index is 13.8. The highest BCUT2D eigenvalue weighted by molar-refractivity contribution is 6.05. The van der Waals surface area contributed by atoms with E-state index in [-0.39, 0.29) is 47.6 Å². The van der Waals surface area contributed by atoms with E-state index < -0.39 is 11.5 Å². The zero-order valence-corrected chi connectivity index (χ0v) is 34.2. The highest BCUT2D eigenvalue weighted by Crippen LogP contribution is 2.61. The van der Waals surface area contributed by atoms with Crippen molar-refractivity contribution in [2.75, 3.05) is 55.6 Å². The fourth-order valence-corrected chi connectivity index (χ4v) is 11.2. The Morgan fingerprint density at radius 2 is 1.75 bits per heavy atom. The molecule has 0 spiro atoms. The Bertz CT molecular complexity index is 2480. The Labute approximate surface area is 348 Å². The summed E-state index contributed by atoms with van der Waals surface area (Å²) in [6.45, 7) is 13.4. The number of rotatable bonds is 7. The first-order chi connectivity index (χ1) is 28.9. The molecule has 10 rings (SSSR count). The van der Waals surface area contributed by atoms with Crippen LogP contribution in [0.5, 0.6) is 5.75 Å². The second-order valence-corrected chi connectivity index (χ2v) is 18.2. The van der Waals surface area contributed by atoms with Crippen LogP contribution in [0.3, 0.4) is 0 Å². The van der Waals surface area contributed by atoms with Crippen LogP contribution in [0.4, 0.5) is 11.5 Å². The van der Waals surface area contributed by atoms with Gasteiger partial charge in [-0.05, 0) is 91.8 Å². The van der Waals surface area contributed by atoms with E-state index in [9.17, 15) is 24.4 Å². The van der Waals surface area contributed by atoms with Crippen molar-refractivity contribution in [3.8, 4) is 11.8 Å². The van der Waals surface area contributed by atoms with E-state index in [0.29, 0.717) is 41.1 Å². The summed E-state index contributed by atoms with van der Waals surface area (Å²) in [5.74, 6) is 1.23. The molecule has 2 unspecified atom stereocenters. The molecule has 3 saturated heterocycles. The van der Waals surface area contributed by atoms with Crippen LogP contribution in [-0.2, 0) is 21.5 Å². The van der Waals surface area contributed by atoms with Gasteiger partial charge in [0.1, 0.15) is 29.8 Å². The van der Waals surface area contributed by atoms with Crippen LogP contribution in [0.15, 0.2) is 60.9 Å². The number of nitrogens with one attached hydrogen (secondary N) is 2. The number of carbonyl (C=O) groups excluding carboxylic acids is 4. The molecule has 2 N–H and O–H groups in total. The Morgan fingerprint density at radius 3 is 2.48 bits per heavy atom. The van der Waals surface area contributed by atoms with E-state index in [1.807, 2.05) is 36.4 Å². The minimum absolute atomic E-state index is 0.143. The van der Waals surface area contributed by atoms with Crippen molar-refractivity contribution in [3.63, 3.8) is 0 Å². The van der Waals surface area contributed by atoms with Gasteiger partial charge >= 0.3 is 0 Å². The molecule has 2 aromatic carbocycles. The summed E-state index contributed by atoms with van der Waals surface area (Å²) in [6, 6.07) is 16.9. The molecule has 0 bridgehead atoms. The van der Waals surface area contributed by atoms with Gasteiger partial charge < -0.3 is 24.8 Å². The average molecular weight is 808 g/mol. The lowest BCUT2D eigenvalue weighted by molar-refractivity contribution is -0.136. The minimum Gasteiger partial charge on any atom is -0.488 e. The van der Waals surface area contributed by atoms with Gasteiger partial charge in [0.25, 0.3) is 11.8 Å². The predicted octanol–water partition coefficient (Wildman–Crippen LogP) is 4.16. The summed E-state index contributed by atoms with van der Waals surface area (Å²) in [7, 11) is 0. The van der Waals surface area contributed by atoms with Crippen molar-refractivity contribution < 1.29 is 23.9 Å². The van der Waals surface area contributed by atoms with Gasteiger partial charge in [-0.25, -0.2) is 4.98 Å². The van der Waals surface area contributed by atoms with Gasteiger partial charge in [0.15, 0.2) is 0 Å². The summed E-state index contributed by atoms with van der Waals surface area (Å²) >= 11 is 0. The average Bonchev–Trinajstić information content (AvgIpc) is 3.59. The number of pyridine rings is 2. The summed E-state index contributed by atoms with van der Waals surface area (Å²) in [6.07, 6.45) is 6.03. The van der Waals surface area contributed by atoms with E-state index in [1.165, 1.54) is 0 Å². The third kappa shape index (κ3) is 6.07. The van der Waals surface area contributed by atoms with E-state index >= 15 is 0 Å². The normalized spacial score (nSPS) is 26.1. The molecule has 4 fully saturated rings. The van der Waals surface area contributed by atoms with E-state index in [0.717, 1.165) is 92.4 Å². The van der Waals surface area contributed by atoms with E-state index in [4.69, 9.17) is 9.72 Å². The molecule has 4 amide bonds. The van der Waals surface area contributed by atoms with Gasteiger partial charge in [0.05, 0.1) is 28.1 Å². The number of nitriles is 1. The lowest BCUT2D eigenvalue weighted by Gasteiger charge is -2.66. The number of carbonyl (C=O) groups is 4. The molecule has 1 aliphatic carbocycles. The first kappa shape index (κ1) is 38.2. The van der Waals surface area contributed by atoms with Gasteiger partial charge in [0, 0.05) is 93.2 Å². The standard InChI is InChI=1S/C46H49N9O5/c1-45(2)43(46(3)33-12-15-48-39-28(23-47)4-9-35(38(33)39)60-44(45)46)51-40(57)29-5-10-36(49-24-29)54-16-13-27(14-17-54)25-52-18-20-53(21-19-52)31-6-7-32-30(22-31)26-55(42(32)59)34-8-11-37(56)50-41(34)58/h4-7,9-10,12,15,22,24,27,34,43-44H,8,11,13-14,16-21,25-26H2,1-3H3,(H,51,57)(H,50,56,58)/t34-,43?,44-,46?/m0/s1. The fraction of sp³-hybridized carbons (Fsp3) is 0.457. The van der Waals surface area contributed by atoms with Crippen molar-refractivity contribution in [1.82, 2.24) is 30.4 Å². The molecular formula is C46H49N9O5. The van der Waals surface area contributed by atoms with Gasteiger partial charge in [-0.15, -0.1) is 0 Å². The molecule has 6 aliphatic rings. The topological polar surface area (TPSA) is 164 Å². The van der Waals surface area contributed by atoms with Crippen LogP contribution in [0.25, 0.3) is 10.9 Å². The summed E-state index contributed by atoms with van der Waals surface area (Å²) < 4.78 is 6.58. The van der Waals surface area contributed by atoms with Crippen LogP contribution < -0.4 is 25.2 Å². The van der Waals surface area contributed by atoms with Crippen LogP contribution in [0.2, 0.25) is 0 Å². The maximum Gasteiger partial charge on any atom is 0.255 e. The second kappa shape index (κ2) is 14.3. The zero-order chi connectivity index (χ0) is 41.5. The SMILES string of the molecule is CC1(C)C(NC(=O)c2ccc(N3CCC(CN4CCN(c5ccc6c(c5)CN([C@H]5CCC(=O)NC5=O)C6=O)CC4)CC3)nc2)C2(C)c3ccnc4c(C#N)ccc(c34)O[C@@H]12. The molecule has 60 heavy (non-hydrogen) atoms. The van der Waals surface area contributed by atoms with Gasteiger partial charge in [-0.3, -0.25) is 34.4 Å². The molecule has 14 nitrogen and oxygen atoms in total. The number of imide groups is 1. The molecular weight excluding hydrogens is 759 g/mol. The molecule has 4 atom stereocenters. The molecule has 0 radical (unpaired) electrons. The summed E-state index contributed by atoms with van der Waals surface area (Å²) in [4.78, 5) is 69.2. The second-order valence-electron chi connectivity index (χ2n) is 18.2. The van der Waals surface area contributed by atoms with Crippen molar-refractivity contribution in [1.29, 1.82) is 5.26 Å². The Kier molecular flexibility index (Phi) is 9.09. The number of hydrogen-bond acceptors (Lipinski definition) is 11. The number of ether oxygens (including phenoxy) is 1. The van der Waals surface area contributed by atoms with Crippen LogP contribution in [0, 0.1) is 22.7 Å². The molecule has 7 heterocycles. The third-order valence-corrected chi connectivity index (χ3v) is 14.3. The number of piperazine rings is 1. The highest BCUT2D eigenvalue weighted by atomic mass is 16.5. The number of benzene rings is 2. The van der Waals surface area contributed by atoms with Crippen molar-refractivity contribution in [2.24, 2.45) is 11.3 Å². The van der Waals surface area contributed by atoms with Crippen LogP contribution >= 0.6 is 0 Å². The zero-order valence-electron chi connectivity index (χ0n) is 34.2. The molecule has 2 aromatic heterocycles. The van der Waals surface area contributed by atoms with Gasteiger partial charge in [-0.2, -0.15) is 5.26 Å². The largest absolute Gasteiger partial charge is 0.488 e. The lowest BCUT2D eigenvalue weighted by atomic mass is 9.45. The predicted molar refractivity (Wildman–Crippen MR) is 224 cm³/mol. The number of nitrogens with zero attached hydrogens (tertiary/aromatic N) is 7. The highest BCUT2D eigenvalue weighted by Gasteiger charge is 2.69. The molecule has 5 aliphatic heterocycles.